The molecule has 0 aliphatic rings. The molecule has 132 valence electrons. The van der Waals surface area contributed by atoms with Gasteiger partial charge in [-0.05, 0) is 30.2 Å². The highest BCUT2D eigenvalue weighted by molar-refractivity contribution is 5.91. The van der Waals surface area contributed by atoms with Gasteiger partial charge in [0.1, 0.15) is 0 Å². The van der Waals surface area contributed by atoms with Crippen LogP contribution in [0.15, 0.2) is 42.5 Å². The van der Waals surface area contributed by atoms with Gasteiger partial charge in [0.2, 0.25) is 11.8 Å². The highest BCUT2D eigenvalue weighted by atomic mass is 19.2. The summed E-state index contributed by atoms with van der Waals surface area (Å²) in [6.45, 7) is 4.06. The molecule has 0 radical (unpaired) electrons. The highest BCUT2D eigenvalue weighted by Gasteiger charge is 2.13. The van der Waals surface area contributed by atoms with Gasteiger partial charge in [-0.1, -0.05) is 24.3 Å². The van der Waals surface area contributed by atoms with E-state index in [9.17, 15) is 18.4 Å². The van der Waals surface area contributed by atoms with Gasteiger partial charge >= 0.3 is 0 Å². The first kappa shape index (κ1) is 18.6. The van der Waals surface area contributed by atoms with Gasteiger partial charge < -0.3 is 10.2 Å². The number of benzene rings is 2. The van der Waals surface area contributed by atoms with E-state index in [1.165, 1.54) is 13.0 Å². The van der Waals surface area contributed by atoms with Gasteiger partial charge in [-0.3, -0.25) is 9.59 Å². The van der Waals surface area contributed by atoms with Gasteiger partial charge in [-0.25, -0.2) is 8.78 Å². The fourth-order valence-electron chi connectivity index (χ4n) is 2.37. The van der Waals surface area contributed by atoms with Crippen molar-refractivity contribution in [1.82, 2.24) is 4.90 Å². The number of rotatable bonds is 6. The Morgan fingerprint density at radius 1 is 1.08 bits per heavy atom. The van der Waals surface area contributed by atoms with Crippen LogP contribution >= 0.6 is 0 Å². The Hall–Kier alpha value is -2.76. The second-order valence-electron chi connectivity index (χ2n) is 5.79. The molecule has 0 unspecified atom stereocenters. The monoisotopic (exact) mass is 346 g/mol. The quantitative estimate of drug-likeness (QED) is 0.868. The molecule has 2 aromatic carbocycles. The summed E-state index contributed by atoms with van der Waals surface area (Å²) in [4.78, 5) is 25.4. The van der Waals surface area contributed by atoms with Crippen molar-refractivity contribution in [2.45, 2.75) is 26.8 Å². The van der Waals surface area contributed by atoms with E-state index in [1.807, 2.05) is 31.2 Å². The molecular weight excluding hydrogens is 326 g/mol. The second kappa shape index (κ2) is 8.37. The first-order valence-corrected chi connectivity index (χ1v) is 7.91. The lowest BCUT2D eigenvalue weighted by molar-refractivity contribution is -0.129. The molecule has 2 rings (SSSR count). The number of carbonyl (C=O) groups excluding carboxylic acids is 2. The normalized spacial score (nSPS) is 10.4. The van der Waals surface area contributed by atoms with Gasteiger partial charge in [0, 0.05) is 38.2 Å². The average molecular weight is 346 g/mol. The molecule has 6 heteroatoms. The van der Waals surface area contributed by atoms with Crippen LogP contribution in [0.2, 0.25) is 0 Å². The van der Waals surface area contributed by atoms with Crippen LogP contribution in [0.3, 0.4) is 0 Å². The Labute approximate surface area is 145 Å². The zero-order valence-corrected chi connectivity index (χ0v) is 14.2. The van der Waals surface area contributed by atoms with Crippen molar-refractivity contribution in [2.75, 3.05) is 11.9 Å². The van der Waals surface area contributed by atoms with E-state index in [1.54, 1.807) is 4.90 Å². The number of anilines is 1. The zero-order valence-electron chi connectivity index (χ0n) is 14.2. The Balaban J connectivity index is 1.94. The maximum Gasteiger partial charge on any atom is 0.226 e. The van der Waals surface area contributed by atoms with Crippen molar-refractivity contribution in [3.63, 3.8) is 0 Å². The summed E-state index contributed by atoms with van der Waals surface area (Å²) < 4.78 is 26.0. The maximum absolute atomic E-state index is 13.2. The van der Waals surface area contributed by atoms with E-state index in [0.717, 1.165) is 23.3 Å². The van der Waals surface area contributed by atoms with Crippen molar-refractivity contribution < 1.29 is 18.4 Å². The molecule has 0 aliphatic heterocycles. The van der Waals surface area contributed by atoms with Gasteiger partial charge in [-0.15, -0.1) is 0 Å². The third-order valence-corrected chi connectivity index (χ3v) is 3.88. The summed E-state index contributed by atoms with van der Waals surface area (Å²) in [5.41, 5.74) is 2.26. The van der Waals surface area contributed by atoms with Crippen LogP contribution in [-0.4, -0.2) is 23.3 Å². The fourth-order valence-corrected chi connectivity index (χ4v) is 2.37. The van der Waals surface area contributed by atoms with Crippen LogP contribution in [0.5, 0.6) is 0 Å². The van der Waals surface area contributed by atoms with E-state index < -0.39 is 11.6 Å². The van der Waals surface area contributed by atoms with Crippen LogP contribution in [0.1, 0.15) is 24.5 Å². The molecule has 0 fully saturated rings. The zero-order chi connectivity index (χ0) is 18.4. The van der Waals surface area contributed by atoms with Crippen molar-refractivity contribution in [3.8, 4) is 0 Å². The molecule has 2 aromatic rings. The fraction of sp³-hybridized carbons (Fsp3) is 0.263. The van der Waals surface area contributed by atoms with Crippen LogP contribution in [0.4, 0.5) is 14.5 Å². The maximum atomic E-state index is 13.2. The standard InChI is InChI=1S/C19H20F2N2O2/c1-13-5-3-4-6-15(13)12-23(14(2)24)10-9-19(25)22-16-7-8-17(20)18(21)11-16/h3-8,11H,9-10,12H2,1-2H3,(H,22,25). The highest BCUT2D eigenvalue weighted by Crippen LogP contribution is 2.14. The third kappa shape index (κ3) is 5.38. The Morgan fingerprint density at radius 3 is 2.44 bits per heavy atom. The van der Waals surface area contributed by atoms with Crippen LogP contribution < -0.4 is 5.32 Å². The van der Waals surface area contributed by atoms with E-state index in [0.29, 0.717) is 6.54 Å². The minimum absolute atomic E-state index is 0.0600. The Morgan fingerprint density at radius 2 is 1.80 bits per heavy atom. The molecule has 0 aromatic heterocycles. The summed E-state index contributed by atoms with van der Waals surface area (Å²) in [5.74, 6) is -2.51. The number of carbonyl (C=O) groups is 2. The number of halogens is 2. The van der Waals surface area contributed by atoms with Crippen molar-refractivity contribution in [3.05, 3.63) is 65.2 Å². The molecule has 0 spiro atoms. The van der Waals surface area contributed by atoms with Crippen LogP contribution in [0, 0.1) is 18.6 Å². The molecule has 1 N–H and O–H groups in total. The summed E-state index contributed by atoms with van der Waals surface area (Å²) >= 11 is 0. The van der Waals surface area contributed by atoms with E-state index in [-0.39, 0.29) is 30.5 Å². The topological polar surface area (TPSA) is 49.4 Å². The molecule has 0 atom stereocenters. The average Bonchev–Trinajstić information content (AvgIpc) is 2.56. The van der Waals surface area contributed by atoms with E-state index in [4.69, 9.17) is 0 Å². The second-order valence-corrected chi connectivity index (χ2v) is 5.79. The first-order chi connectivity index (χ1) is 11.9. The summed E-state index contributed by atoms with van der Waals surface area (Å²) in [5, 5.41) is 2.50. The van der Waals surface area contributed by atoms with Crippen LogP contribution in [0.25, 0.3) is 0 Å². The molecule has 0 heterocycles. The lowest BCUT2D eigenvalue weighted by atomic mass is 10.1. The molecule has 2 amide bonds. The van der Waals surface area contributed by atoms with Gasteiger partial charge in [-0.2, -0.15) is 0 Å². The van der Waals surface area contributed by atoms with Crippen molar-refractivity contribution >= 4 is 17.5 Å². The minimum atomic E-state index is -1.03. The number of aryl methyl sites for hydroxylation is 1. The SMILES string of the molecule is CC(=O)N(CCC(=O)Nc1ccc(F)c(F)c1)Cc1ccccc1C. The number of hydrogen-bond acceptors (Lipinski definition) is 2. The summed E-state index contributed by atoms with van der Waals surface area (Å²) in [6.07, 6.45) is 0.0600. The van der Waals surface area contributed by atoms with Crippen molar-refractivity contribution in [1.29, 1.82) is 0 Å². The Kier molecular flexibility index (Phi) is 6.22. The lowest BCUT2D eigenvalue weighted by Gasteiger charge is -2.22. The molecule has 0 bridgehead atoms. The Bertz CT molecular complexity index is 778. The predicted molar refractivity (Wildman–Crippen MR) is 91.9 cm³/mol. The van der Waals surface area contributed by atoms with E-state index in [2.05, 4.69) is 5.32 Å². The predicted octanol–water partition coefficient (Wildman–Crippen LogP) is 3.65. The molecule has 25 heavy (non-hydrogen) atoms. The van der Waals surface area contributed by atoms with Gasteiger partial charge in [0.25, 0.3) is 0 Å². The van der Waals surface area contributed by atoms with Crippen LogP contribution in [-0.2, 0) is 16.1 Å². The first-order valence-electron chi connectivity index (χ1n) is 7.91. The van der Waals surface area contributed by atoms with Gasteiger partial charge in [0.15, 0.2) is 11.6 Å². The number of nitrogens with zero attached hydrogens (tertiary/aromatic N) is 1. The number of amides is 2. The summed E-state index contributed by atoms with van der Waals surface area (Å²) in [6, 6.07) is 10.9. The minimum Gasteiger partial charge on any atom is -0.338 e. The molecule has 0 aliphatic carbocycles. The van der Waals surface area contributed by atoms with E-state index >= 15 is 0 Å². The lowest BCUT2D eigenvalue weighted by Crippen LogP contribution is -2.31. The summed E-state index contributed by atoms with van der Waals surface area (Å²) in [7, 11) is 0. The molecule has 0 saturated heterocycles. The molecule has 4 nitrogen and oxygen atoms in total. The smallest absolute Gasteiger partial charge is 0.226 e. The molecule has 0 saturated carbocycles. The largest absolute Gasteiger partial charge is 0.338 e. The van der Waals surface area contributed by atoms with Crippen molar-refractivity contribution in [2.24, 2.45) is 0 Å². The van der Waals surface area contributed by atoms with Gasteiger partial charge in [0.05, 0.1) is 0 Å². The third-order valence-electron chi connectivity index (χ3n) is 3.88. The number of nitrogens with one attached hydrogen (secondary N) is 1. The molecular formula is C19H20F2N2O2. The number of hydrogen-bond donors (Lipinski definition) is 1.